The van der Waals surface area contributed by atoms with E-state index >= 15 is 0 Å². The van der Waals surface area contributed by atoms with E-state index in [0.717, 1.165) is 18.4 Å². The number of ketones is 3. The number of carbonyl (C=O) groups excluding carboxylic acids is 5. The van der Waals surface area contributed by atoms with E-state index in [2.05, 4.69) is 27.7 Å². The van der Waals surface area contributed by atoms with E-state index in [-0.39, 0.29) is 60.4 Å². The first-order chi connectivity index (χ1) is 24.8. The van der Waals surface area contributed by atoms with Crippen molar-refractivity contribution in [3.05, 3.63) is 59.7 Å². The first-order valence-corrected chi connectivity index (χ1v) is 19.3. The number of allylic oxidation sites excluding steroid dienone is 4. The minimum absolute atomic E-state index is 0.00172. The fourth-order valence-electron chi connectivity index (χ4n) is 7.08. The lowest BCUT2D eigenvalue weighted by molar-refractivity contribution is -0.136. The topological polar surface area (TPSA) is 134 Å². The van der Waals surface area contributed by atoms with Gasteiger partial charge in [0.25, 0.3) is 0 Å². The Labute approximate surface area is 310 Å². The molecule has 1 aromatic rings. The highest BCUT2D eigenvalue weighted by Gasteiger charge is 2.50. The maximum Gasteiger partial charge on any atom is 0.224 e. The molecular weight excluding hydrogens is 658 g/mol. The van der Waals surface area contributed by atoms with E-state index in [9.17, 15) is 24.0 Å². The molecule has 4 rings (SSSR count). The monoisotopic (exact) mass is 719 g/mol. The SMILES string of the molecule is CC(C)C[C@H](NC(=O)[C@H](CCC1=CC=CCC1)CC(=O)CN1CCOCC1)C(=O)C[C@@H](Cc1ccccc1)C(=O)N[C@@H](CC(C)C)C(=O)[C@@]1(C)CO1. The van der Waals surface area contributed by atoms with Crippen molar-refractivity contribution in [2.24, 2.45) is 23.7 Å². The summed E-state index contributed by atoms with van der Waals surface area (Å²) in [7, 11) is 0. The van der Waals surface area contributed by atoms with Crippen LogP contribution in [0.1, 0.15) is 91.5 Å². The number of nitrogens with one attached hydrogen (secondary N) is 2. The molecule has 0 bridgehead atoms. The molecular formula is C42H61N3O7. The second kappa shape index (κ2) is 20.1. The summed E-state index contributed by atoms with van der Waals surface area (Å²) in [6.45, 7) is 12.9. The van der Waals surface area contributed by atoms with Gasteiger partial charge < -0.3 is 20.1 Å². The van der Waals surface area contributed by atoms with E-state index in [4.69, 9.17) is 9.47 Å². The van der Waals surface area contributed by atoms with Crippen molar-refractivity contribution in [2.75, 3.05) is 39.5 Å². The van der Waals surface area contributed by atoms with Crippen LogP contribution in [0.5, 0.6) is 0 Å². The van der Waals surface area contributed by atoms with Crippen LogP contribution >= 0.6 is 0 Å². The summed E-state index contributed by atoms with van der Waals surface area (Å²) in [4.78, 5) is 71.0. The Balaban J connectivity index is 1.50. The van der Waals surface area contributed by atoms with Gasteiger partial charge in [0, 0.05) is 37.8 Å². The fraction of sp³-hybridized carbons (Fsp3) is 0.643. The zero-order valence-corrected chi connectivity index (χ0v) is 32.0. The molecule has 2 heterocycles. The molecule has 286 valence electrons. The number of ether oxygens (including phenoxy) is 2. The van der Waals surface area contributed by atoms with Crippen LogP contribution in [0.2, 0.25) is 0 Å². The lowest BCUT2D eigenvalue weighted by Gasteiger charge is -2.28. The van der Waals surface area contributed by atoms with Crippen molar-refractivity contribution < 1.29 is 33.4 Å². The van der Waals surface area contributed by atoms with Gasteiger partial charge in [-0.15, -0.1) is 0 Å². The highest BCUT2D eigenvalue weighted by Crippen LogP contribution is 2.30. The van der Waals surface area contributed by atoms with Crippen LogP contribution in [0, 0.1) is 23.7 Å². The zero-order valence-electron chi connectivity index (χ0n) is 32.0. The van der Waals surface area contributed by atoms with E-state index < -0.39 is 29.5 Å². The number of amides is 2. The number of benzene rings is 1. The second-order valence-corrected chi connectivity index (χ2v) is 16.0. The van der Waals surface area contributed by atoms with Crippen LogP contribution < -0.4 is 10.6 Å². The lowest BCUT2D eigenvalue weighted by atomic mass is 9.87. The van der Waals surface area contributed by atoms with Gasteiger partial charge in [-0.1, -0.05) is 81.8 Å². The van der Waals surface area contributed by atoms with Crippen LogP contribution in [0.4, 0.5) is 0 Å². The number of hydrogen-bond donors (Lipinski definition) is 2. The summed E-state index contributed by atoms with van der Waals surface area (Å²) >= 11 is 0. The van der Waals surface area contributed by atoms with Gasteiger partial charge in [-0.25, -0.2) is 0 Å². The molecule has 3 aliphatic rings. The Morgan fingerprint density at radius 2 is 1.50 bits per heavy atom. The van der Waals surface area contributed by atoms with Crippen LogP contribution in [-0.4, -0.2) is 91.2 Å². The zero-order chi connectivity index (χ0) is 37.7. The Kier molecular flexibility index (Phi) is 16.0. The normalized spacial score (nSPS) is 21.2. The van der Waals surface area contributed by atoms with E-state index in [1.54, 1.807) is 6.92 Å². The summed E-state index contributed by atoms with van der Waals surface area (Å²) in [6, 6.07) is 7.97. The number of Topliss-reactive ketones (excluding diaryl/α,β-unsaturated/α-hetero) is 3. The molecule has 52 heavy (non-hydrogen) atoms. The molecule has 0 saturated carbocycles. The number of nitrogens with zero attached hydrogens (tertiary/aromatic N) is 1. The fourth-order valence-corrected chi connectivity index (χ4v) is 7.08. The largest absolute Gasteiger partial charge is 0.379 e. The molecule has 10 heteroatoms. The molecule has 1 aromatic carbocycles. The molecule has 0 aromatic heterocycles. The minimum atomic E-state index is -0.894. The number of rotatable bonds is 22. The maximum atomic E-state index is 14.2. The minimum Gasteiger partial charge on any atom is -0.379 e. The van der Waals surface area contributed by atoms with Crippen molar-refractivity contribution >= 4 is 29.2 Å². The predicted molar refractivity (Wildman–Crippen MR) is 201 cm³/mol. The van der Waals surface area contributed by atoms with Crippen molar-refractivity contribution in [3.63, 3.8) is 0 Å². The van der Waals surface area contributed by atoms with E-state index in [0.29, 0.717) is 65.0 Å². The second-order valence-electron chi connectivity index (χ2n) is 16.0. The molecule has 2 saturated heterocycles. The van der Waals surface area contributed by atoms with E-state index in [1.165, 1.54) is 5.57 Å². The van der Waals surface area contributed by atoms with Gasteiger partial charge in [-0.05, 0) is 69.3 Å². The lowest BCUT2D eigenvalue weighted by Crippen LogP contribution is -2.50. The molecule has 0 radical (unpaired) electrons. The number of morpholine rings is 1. The summed E-state index contributed by atoms with van der Waals surface area (Å²) in [5.74, 6) is -2.16. The summed E-state index contributed by atoms with van der Waals surface area (Å²) in [6.07, 6.45) is 10.5. The summed E-state index contributed by atoms with van der Waals surface area (Å²) < 4.78 is 10.9. The van der Waals surface area contributed by atoms with Crippen molar-refractivity contribution in [2.45, 2.75) is 110 Å². The van der Waals surface area contributed by atoms with Crippen LogP contribution in [0.25, 0.3) is 0 Å². The molecule has 10 nitrogen and oxygen atoms in total. The Morgan fingerprint density at radius 3 is 2.12 bits per heavy atom. The Bertz CT molecular complexity index is 1430. The third-order valence-electron chi connectivity index (χ3n) is 10.3. The first-order valence-electron chi connectivity index (χ1n) is 19.3. The third kappa shape index (κ3) is 13.5. The number of epoxide rings is 1. The molecule has 2 amide bonds. The molecule has 2 N–H and O–H groups in total. The molecule has 2 aliphatic heterocycles. The van der Waals surface area contributed by atoms with Crippen molar-refractivity contribution in [1.82, 2.24) is 15.5 Å². The van der Waals surface area contributed by atoms with Crippen molar-refractivity contribution in [1.29, 1.82) is 0 Å². The molecule has 5 atom stereocenters. The number of carbonyl (C=O) groups is 5. The van der Waals surface area contributed by atoms with E-state index in [1.807, 2.05) is 64.1 Å². The maximum absolute atomic E-state index is 14.2. The Morgan fingerprint density at radius 1 is 0.865 bits per heavy atom. The van der Waals surface area contributed by atoms with Crippen LogP contribution in [0.3, 0.4) is 0 Å². The summed E-state index contributed by atoms with van der Waals surface area (Å²) in [5.41, 5.74) is 1.26. The van der Waals surface area contributed by atoms with Gasteiger partial charge in [-0.2, -0.15) is 0 Å². The quantitative estimate of drug-likeness (QED) is 0.157. The van der Waals surface area contributed by atoms with Gasteiger partial charge >= 0.3 is 0 Å². The first kappa shape index (κ1) is 41.3. The van der Waals surface area contributed by atoms with Crippen LogP contribution in [-0.2, 0) is 39.9 Å². The van der Waals surface area contributed by atoms with Gasteiger partial charge in [-0.3, -0.25) is 28.9 Å². The molecule has 0 spiro atoms. The molecule has 0 unspecified atom stereocenters. The average molecular weight is 720 g/mol. The molecule has 2 fully saturated rings. The van der Waals surface area contributed by atoms with Gasteiger partial charge in [0.05, 0.1) is 38.4 Å². The highest BCUT2D eigenvalue weighted by atomic mass is 16.6. The van der Waals surface area contributed by atoms with Gasteiger partial charge in [0.1, 0.15) is 11.4 Å². The van der Waals surface area contributed by atoms with Crippen molar-refractivity contribution in [3.8, 4) is 0 Å². The summed E-state index contributed by atoms with van der Waals surface area (Å²) in [5, 5.41) is 6.05. The standard InChI is InChI=1S/C42H61N3O7/c1-29(2)22-36(43-40(49)33(17-16-31-12-8-6-9-13-31)25-35(46)27-45-18-20-51-21-19-45)38(47)26-34(24-32-14-10-7-11-15-32)41(50)44-37(23-30(3)4)39(48)42(5)28-52-42/h6-8,10-12,14-15,29-30,33-34,36-37H,9,13,16-28H2,1-5H3,(H,43,49)(H,44,50)/t33-,34-,36+,37+,42-/m1/s1. The predicted octanol–water partition coefficient (Wildman–Crippen LogP) is 5.19. The number of hydrogen-bond acceptors (Lipinski definition) is 8. The highest BCUT2D eigenvalue weighted by molar-refractivity contribution is 5.98. The third-order valence-corrected chi connectivity index (χ3v) is 10.3. The van der Waals surface area contributed by atoms with Crippen LogP contribution in [0.15, 0.2) is 54.1 Å². The smallest absolute Gasteiger partial charge is 0.224 e. The Hall–Kier alpha value is -3.47. The molecule has 1 aliphatic carbocycles. The van der Waals surface area contributed by atoms with Gasteiger partial charge in [0.15, 0.2) is 11.6 Å². The van der Waals surface area contributed by atoms with Gasteiger partial charge in [0.2, 0.25) is 11.8 Å². The average Bonchev–Trinajstić information content (AvgIpc) is 3.87.